The molecule has 1 heterocycles. The third-order valence-electron chi connectivity index (χ3n) is 6.46. The summed E-state index contributed by atoms with van der Waals surface area (Å²) >= 11 is 6.71. The van der Waals surface area contributed by atoms with Gasteiger partial charge in [0.25, 0.3) is 0 Å². The fourth-order valence-electron chi connectivity index (χ4n) is 4.18. The van der Waals surface area contributed by atoms with E-state index in [9.17, 15) is 9.59 Å². The van der Waals surface area contributed by atoms with E-state index in [1.54, 1.807) is 4.90 Å². The van der Waals surface area contributed by atoms with Crippen molar-refractivity contribution < 1.29 is 14.7 Å². The molecule has 5 heteroatoms. The Morgan fingerprint density at radius 2 is 1.94 bits per heavy atom. The fourth-order valence-corrected chi connectivity index (χ4v) is 4.46. The van der Waals surface area contributed by atoms with Crippen LogP contribution >= 0.6 is 11.6 Å². The third kappa shape index (κ3) is 7.37. The molecule has 0 spiro atoms. The standard InChI is InChI=1S/C27H40ClNO3/c1-19(2)9-11-22-18-29(15-7-8-25(31)32)24(30)17-27(22,6)21-12-10-20(23(28)16-21)13-14-26(3,4)5/h10,12,16,18-19H,7-9,11,13-15,17H2,1-6H3,(H,31,32)/t27-/m1/s1. The second-order valence-corrected chi connectivity index (χ2v) is 11.5. The maximum atomic E-state index is 13.0. The number of hydrogen-bond acceptors (Lipinski definition) is 2. The van der Waals surface area contributed by atoms with Gasteiger partial charge >= 0.3 is 5.97 Å². The number of carbonyl (C=O) groups excluding carboxylic acids is 1. The number of amides is 1. The molecule has 2 rings (SSSR count). The van der Waals surface area contributed by atoms with E-state index in [1.165, 1.54) is 5.57 Å². The van der Waals surface area contributed by atoms with E-state index >= 15 is 0 Å². The first-order valence-electron chi connectivity index (χ1n) is 11.8. The Kier molecular flexibility index (Phi) is 8.98. The van der Waals surface area contributed by atoms with Gasteiger partial charge in [0, 0.05) is 36.0 Å². The van der Waals surface area contributed by atoms with Crippen molar-refractivity contribution in [2.24, 2.45) is 11.3 Å². The summed E-state index contributed by atoms with van der Waals surface area (Å²) in [5.74, 6) is -0.231. The van der Waals surface area contributed by atoms with Gasteiger partial charge in [-0.25, -0.2) is 0 Å². The van der Waals surface area contributed by atoms with Crippen molar-refractivity contribution in [1.29, 1.82) is 0 Å². The van der Waals surface area contributed by atoms with Gasteiger partial charge in [-0.3, -0.25) is 9.59 Å². The molecule has 0 saturated carbocycles. The van der Waals surface area contributed by atoms with Gasteiger partial charge in [-0.2, -0.15) is 0 Å². The molecule has 1 aliphatic heterocycles. The highest BCUT2D eigenvalue weighted by Gasteiger charge is 2.39. The summed E-state index contributed by atoms with van der Waals surface area (Å²) < 4.78 is 0. The zero-order valence-electron chi connectivity index (χ0n) is 20.6. The van der Waals surface area contributed by atoms with Gasteiger partial charge in [-0.15, -0.1) is 0 Å². The van der Waals surface area contributed by atoms with E-state index in [1.807, 2.05) is 6.20 Å². The summed E-state index contributed by atoms with van der Waals surface area (Å²) in [7, 11) is 0. The molecule has 0 bridgehead atoms. The molecule has 1 aromatic carbocycles. The highest BCUT2D eigenvalue weighted by Crippen LogP contribution is 2.43. The summed E-state index contributed by atoms with van der Waals surface area (Å²) in [6.45, 7) is 13.7. The number of hydrogen-bond donors (Lipinski definition) is 1. The molecule has 4 nitrogen and oxygen atoms in total. The molecule has 0 radical (unpaired) electrons. The molecule has 0 aliphatic carbocycles. The summed E-state index contributed by atoms with van der Waals surface area (Å²) in [6.07, 6.45) is 6.83. The van der Waals surface area contributed by atoms with Crippen LogP contribution in [0.5, 0.6) is 0 Å². The third-order valence-corrected chi connectivity index (χ3v) is 6.81. The smallest absolute Gasteiger partial charge is 0.303 e. The lowest BCUT2D eigenvalue weighted by Gasteiger charge is -2.40. The van der Waals surface area contributed by atoms with Crippen LogP contribution < -0.4 is 0 Å². The zero-order chi connectivity index (χ0) is 24.1. The highest BCUT2D eigenvalue weighted by atomic mass is 35.5. The molecule has 1 aliphatic rings. The minimum absolute atomic E-state index is 0.0408. The number of carbonyl (C=O) groups is 2. The first-order valence-corrected chi connectivity index (χ1v) is 12.2. The Morgan fingerprint density at radius 3 is 2.50 bits per heavy atom. The van der Waals surface area contributed by atoms with Crippen LogP contribution in [0.25, 0.3) is 0 Å². The Labute approximate surface area is 199 Å². The molecular weight excluding hydrogens is 422 g/mol. The van der Waals surface area contributed by atoms with Crippen LogP contribution in [0, 0.1) is 11.3 Å². The second kappa shape index (κ2) is 10.9. The average Bonchev–Trinajstić information content (AvgIpc) is 2.66. The summed E-state index contributed by atoms with van der Waals surface area (Å²) in [5, 5.41) is 9.71. The van der Waals surface area contributed by atoms with Crippen LogP contribution in [0.1, 0.15) is 91.2 Å². The largest absolute Gasteiger partial charge is 0.481 e. The van der Waals surface area contributed by atoms with Gasteiger partial charge in [-0.1, -0.05) is 65.3 Å². The molecule has 178 valence electrons. The molecule has 1 aromatic rings. The monoisotopic (exact) mass is 461 g/mol. The maximum Gasteiger partial charge on any atom is 0.303 e. The molecule has 32 heavy (non-hydrogen) atoms. The van der Waals surface area contributed by atoms with Crippen LogP contribution in [0.2, 0.25) is 5.02 Å². The van der Waals surface area contributed by atoms with Gasteiger partial charge in [-0.05, 0) is 66.2 Å². The predicted molar refractivity (Wildman–Crippen MR) is 132 cm³/mol. The Morgan fingerprint density at radius 1 is 1.25 bits per heavy atom. The van der Waals surface area contributed by atoms with Gasteiger partial charge in [0.1, 0.15) is 0 Å². The van der Waals surface area contributed by atoms with Crippen molar-refractivity contribution >= 4 is 23.5 Å². The number of rotatable bonds is 10. The minimum Gasteiger partial charge on any atom is -0.481 e. The van der Waals surface area contributed by atoms with Crippen molar-refractivity contribution in [1.82, 2.24) is 4.90 Å². The molecule has 0 unspecified atom stereocenters. The number of aryl methyl sites for hydroxylation is 1. The van der Waals surface area contributed by atoms with Crippen LogP contribution in [0.15, 0.2) is 30.0 Å². The zero-order valence-corrected chi connectivity index (χ0v) is 21.4. The first kappa shape index (κ1) is 26.4. The first-order chi connectivity index (χ1) is 14.8. The van der Waals surface area contributed by atoms with E-state index in [0.29, 0.717) is 25.3 Å². The van der Waals surface area contributed by atoms with Crippen molar-refractivity contribution in [3.8, 4) is 0 Å². The van der Waals surface area contributed by atoms with E-state index in [2.05, 4.69) is 59.7 Å². The highest BCUT2D eigenvalue weighted by molar-refractivity contribution is 6.31. The molecular formula is C27H40ClNO3. The quantitative estimate of drug-likeness (QED) is 0.408. The lowest BCUT2D eigenvalue weighted by atomic mass is 9.69. The van der Waals surface area contributed by atoms with Crippen LogP contribution in [0.4, 0.5) is 0 Å². The fraction of sp³-hybridized carbons (Fsp3) is 0.630. The second-order valence-electron chi connectivity index (χ2n) is 11.0. The maximum absolute atomic E-state index is 13.0. The SMILES string of the molecule is CC(C)CCC1=CN(CCCC(=O)O)C(=O)C[C@]1(C)c1ccc(CCC(C)(C)C)c(Cl)c1. The van der Waals surface area contributed by atoms with Crippen LogP contribution in [0.3, 0.4) is 0 Å². The Balaban J connectivity index is 2.32. The van der Waals surface area contributed by atoms with Crippen LogP contribution in [-0.2, 0) is 21.4 Å². The number of nitrogens with zero attached hydrogens (tertiary/aromatic N) is 1. The van der Waals surface area contributed by atoms with Crippen molar-refractivity contribution in [3.63, 3.8) is 0 Å². The number of aliphatic carboxylic acids is 1. The minimum atomic E-state index is -0.829. The van der Waals surface area contributed by atoms with E-state index in [-0.39, 0.29) is 17.7 Å². The number of carboxylic acid groups (broad SMARTS) is 1. The molecule has 1 N–H and O–H groups in total. The summed E-state index contributed by atoms with van der Waals surface area (Å²) in [4.78, 5) is 25.6. The number of carboxylic acids is 1. The van der Waals surface area contributed by atoms with E-state index < -0.39 is 11.4 Å². The van der Waals surface area contributed by atoms with Crippen molar-refractivity contribution in [2.45, 2.75) is 91.9 Å². The Bertz CT molecular complexity index is 853. The predicted octanol–water partition coefficient (Wildman–Crippen LogP) is 6.99. The van der Waals surface area contributed by atoms with Gasteiger partial charge < -0.3 is 10.0 Å². The molecule has 0 fully saturated rings. The summed E-state index contributed by atoms with van der Waals surface area (Å²) in [5.41, 5.74) is 3.30. The summed E-state index contributed by atoms with van der Waals surface area (Å²) in [6, 6.07) is 6.31. The van der Waals surface area contributed by atoms with Crippen LogP contribution in [-0.4, -0.2) is 28.4 Å². The molecule has 1 amide bonds. The van der Waals surface area contributed by atoms with Crippen molar-refractivity contribution in [3.05, 3.63) is 46.1 Å². The number of halogens is 1. The molecule has 0 saturated heterocycles. The topological polar surface area (TPSA) is 57.6 Å². The molecule has 0 aromatic heterocycles. The number of allylic oxidation sites excluding steroid dienone is 1. The number of benzene rings is 1. The lowest BCUT2D eigenvalue weighted by molar-refractivity contribution is -0.138. The van der Waals surface area contributed by atoms with E-state index in [4.69, 9.17) is 16.7 Å². The normalized spacial score (nSPS) is 19.4. The van der Waals surface area contributed by atoms with Gasteiger partial charge in [0.2, 0.25) is 5.91 Å². The lowest BCUT2D eigenvalue weighted by Crippen LogP contribution is -2.41. The van der Waals surface area contributed by atoms with Gasteiger partial charge in [0.05, 0.1) is 0 Å². The van der Waals surface area contributed by atoms with E-state index in [0.717, 1.165) is 41.8 Å². The average molecular weight is 462 g/mol. The Hall–Kier alpha value is -1.81. The van der Waals surface area contributed by atoms with Crippen molar-refractivity contribution in [2.75, 3.05) is 6.54 Å². The van der Waals surface area contributed by atoms with Gasteiger partial charge in [0.15, 0.2) is 0 Å². The molecule has 1 atom stereocenters.